The SMILES string of the molecule is CCCc1nc(NC)cc(-c2ccc(C)c(F)c2F)n1. The molecule has 0 saturated carbocycles. The summed E-state index contributed by atoms with van der Waals surface area (Å²) in [6, 6.07) is 4.71. The van der Waals surface area contributed by atoms with Crippen LogP contribution in [0.25, 0.3) is 11.3 Å². The summed E-state index contributed by atoms with van der Waals surface area (Å²) in [6.45, 7) is 3.55. The third-order valence-electron chi connectivity index (χ3n) is 3.05. The fourth-order valence-corrected chi connectivity index (χ4v) is 1.94. The quantitative estimate of drug-likeness (QED) is 0.925. The molecule has 0 unspecified atom stereocenters. The van der Waals surface area contributed by atoms with Crippen molar-refractivity contribution in [1.82, 2.24) is 9.97 Å². The summed E-state index contributed by atoms with van der Waals surface area (Å²) in [5.74, 6) is -0.481. The Kier molecular flexibility index (Phi) is 4.27. The molecule has 2 rings (SSSR count). The third-order valence-corrected chi connectivity index (χ3v) is 3.05. The summed E-state index contributed by atoms with van der Waals surface area (Å²) in [7, 11) is 1.73. The smallest absolute Gasteiger partial charge is 0.168 e. The second-order valence-corrected chi connectivity index (χ2v) is 4.61. The van der Waals surface area contributed by atoms with Crippen LogP contribution in [0.2, 0.25) is 0 Å². The Balaban J connectivity index is 2.57. The van der Waals surface area contributed by atoms with E-state index in [2.05, 4.69) is 15.3 Å². The van der Waals surface area contributed by atoms with E-state index in [9.17, 15) is 8.78 Å². The molecule has 2 aromatic rings. The van der Waals surface area contributed by atoms with Gasteiger partial charge in [0, 0.05) is 25.1 Å². The maximum Gasteiger partial charge on any atom is 0.168 e. The fourth-order valence-electron chi connectivity index (χ4n) is 1.94. The first-order valence-corrected chi connectivity index (χ1v) is 6.57. The largest absolute Gasteiger partial charge is 0.373 e. The molecule has 0 aliphatic carbocycles. The lowest BCUT2D eigenvalue weighted by atomic mass is 10.1. The summed E-state index contributed by atoms with van der Waals surface area (Å²) < 4.78 is 27.7. The second-order valence-electron chi connectivity index (χ2n) is 4.61. The van der Waals surface area contributed by atoms with Crippen LogP contribution in [0.1, 0.15) is 24.7 Å². The molecule has 3 nitrogen and oxygen atoms in total. The maximum atomic E-state index is 14.0. The number of hydrogen-bond acceptors (Lipinski definition) is 3. The summed E-state index contributed by atoms with van der Waals surface area (Å²) in [5, 5.41) is 2.91. The zero-order valence-electron chi connectivity index (χ0n) is 11.8. The van der Waals surface area contributed by atoms with Crippen LogP contribution in [0.4, 0.5) is 14.6 Å². The van der Waals surface area contributed by atoms with Gasteiger partial charge in [-0.25, -0.2) is 18.7 Å². The van der Waals surface area contributed by atoms with Gasteiger partial charge in [-0.15, -0.1) is 0 Å². The van der Waals surface area contributed by atoms with Gasteiger partial charge in [-0.3, -0.25) is 0 Å². The normalized spacial score (nSPS) is 10.7. The lowest BCUT2D eigenvalue weighted by molar-refractivity contribution is 0.505. The molecular weight excluding hydrogens is 260 g/mol. The summed E-state index contributed by atoms with van der Waals surface area (Å²) >= 11 is 0. The topological polar surface area (TPSA) is 37.8 Å². The first kappa shape index (κ1) is 14.4. The molecule has 0 bridgehead atoms. The van der Waals surface area contributed by atoms with Gasteiger partial charge in [-0.05, 0) is 25.0 Å². The minimum Gasteiger partial charge on any atom is -0.373 e. The Labute approximate surface area is 117 Å². The molecule has 1 heterocycles. The molecule has 0 fully saturated rings. The number of aromatic nitrogens is 2. The predicted octanol–water partition coefficient (Wildman–Crippen LogP) is 3.72. The van der Waals surface area contributed by atoms with E-state index in [1.54, 1.807) is 25.2 Å². The number of nitrogens with zero attached hydrogens (tertiary/aromatic N) is 2. The number of rotatable bonds is 4. The van der Waals surface area contributed by atoms with Crippen molar-refractivity contribution in [2.75, 3.05) is 12.4 Å². The van der Waals surface area contributed by atoms with E-state index in [-0.39, 0.29) is 11.1 Å². The van der Waals surface area contributed by atoms with Crippen molar-refractivity contribution in [3.8, 4) is 11.3 Å². The molecule has 20 heavy (non-hydrogen) atoms. The fraction of sp³-hybridized carbons (Fsp3) is 0.333. The van der Waals surface area contributed by atoms with E-state index in [1.807, 2.05) is 6.92 Å². The highest BCUT2D eigenvalue weighted by molar-refractivity contribution is 5.63. The number of benzene rings is 1. The van der Waals surface area contributed by atoms with Crippen molar-refractivity contribution in [3.63, 3.8) is 0 Å². The van der Waals surface area contributed by atoms with Gasteiger partial charge in [-0.2, -0.15) is 0 Å². The Hall–Kier alpha value is -2.04. The first-order chi connectivity index (χ1) is 9.56. The van der Waals surface area contributed by atoms with Crippen LogP contribution < -0.4 is 5.32 Å². The Bertz CT molecular complexity index is 627. The van der Waals surface area contributed by atoms with Crippen LogP contribution in [0.3, 0.4) is 0 Å². The minimum absolute atomic E-state index is 0.157. The summed E-state index contributed by atoms with van der Waals surface area (Å²) in [6.07, 6.45) is 1.58. The van der Waals surface area contributed by atoms with Crippen molar-refractivity contribution in [2.45, 2.75) is 26.7 Å². The third kappa shape index (κ3) is 2.76. The Morgan fingerprint density at radius 3 is 2.55 bits per heavy atom. The van der Waals surface area contributed by atoms with Gasteiger partial charge in [0.2, 0.25) is 0 Å². The van der Waals surface area contributed by atoms with Crippen LogP contribution >= 0.6 is 0 Å². The van der Waals surface area contributed by atoms with Gasteiger partial charge < -0.3 is 5.32 Å². The highest BCUT2D eigenvalue weighted by Crippen LogP contribution is 2.26. The van der Waals surface area contributed by atoms with Gasteiger partial charge >= 0.3 is 0 Å². The number of anilines is 1. The van der Waals surface area contributed by atoms with Gasteiger partial charge in [0.25, 0.3) is 0 Å². The molecule has 0 saturated heterocycles. The van der Waals surface area contributed by atoms with Crippen molar-refractivity contribution >= 4 is 5.82 Å². The van der Waals surface area contributed by atoms with Crippen molar-refractivity contribution in [3.05, 3.63) is 41.2 Å². The molecule has 5 heteroatoms. The summed E-state index contributed by atoms with van der Waals surface area (Å²) in [5.41, 5.74) is 0.830. The molecule has 0 spiro atoms. The van der Waals surface area contributed by atoms with Crippen LogP contribution in [0, 0.1) is 18.6 Å². The average Bonchev–Trinajstić information content (AvgIpc) is 2.45. The molecule has 1 aromatic carbocycles. The molecule has 0 aliphatic rings. The molecular formula is C15H17F2N3. The number of hydrogen-bond donors (Lipinski definition) is 1. The van der Waals surface area contributed by atoms with E-state index in [4.69, 9.17) is 0 Å². The zero-order valence-corrected chi connectivity index (χ0v) is 11.8. The second kappa shape index (κ2) is 5.94. The first-order valence-electron chi connectivity index (χ1n) is 6.57. The van der Waals surface area contributed by atoms with E-state index in [1.165, 1.54) is 6.92 Å². The number of halogens is 2. The summed E-state index contributed by atoms with van der Waals surface area (Å²) in [4.78, 5) is 8.61. The monoisotopic (exact) mass is 277 g/mol. The van der Waals surface area contributed by atoms with Gasteiger partial charge in [0.1, 0.15) is 11.6 Å². The zero-order chi connectivity index (χ0) is 14.7. The maximum absolute atomic E-state index is 14.0. The van der Waals surface area contributed by atoms with E-state index >= 15 is 0 Å². The van der Waals surface area contributed by atoms with Gasteiger partial charge in [0.15, 0.2) is 11.6 Å². The van der Waals surface area contributed by atoms with Crippen LogP contribution in [0.15, 0.2) is 18.2 Å². The molecule has 0 radical (unpaired) electrons. The standard InChI is InChI=1S/C15H17F2N3/c1-4-5-12-19-11(8-13(18-3)20-12)10-7-6-9(2)14(16)15(10)17/h6-8H,4-5H2,1-3H3,(H,18,19,20). The lowest BCUT2D eigenvalue weighted by Gasteiger charge is -2.09. The van der Waals surface area contributed by atoms with E-state index in [0.29, 0.717) is 23.8 Å². The highest BCUT2D eigenvalue weighted by Gasteiger charge is 2.15. The number of nitrogens with one attached hydrogen (secondary N) is 1. The van der Waals surface area contributed by atoms with Crippen LogP contribution in [-0.4, -0.2) is 17.0 Å². The van der Waals surface area contributed by atoms with E-state index < -0.39 is 11.6 Å². The molecule has 0 aliphatic heterocycles. The molecule has 1 aromatic heterocycles. The Morgan fingerprint density at radius 1 is 1.15 bits per heavy atom. The average molecular weight is 277 g/mol. The minimum atomic E-state index is -0.867. The van der Waals surface area contributed by atoms with E-state index in [0.717, 1.165) is 6.42 Å². The molecule has 0 atom stereocenters. The Morgan fingerprint density at radius 2 is 1.90 bits per heavy atom. The van der Waals surface area contributed by atoms with Crippen LogP contribution in [0.5, 0.6) is 0 Å². The van der Waals surface area contributed by atoms with Crippen LogP contribution in [-0.2, 0) is 6.42 Å². The molecule has 1 N–H and O–H groups in total. The molecule has 106 valence electrons. The highest BCUT2D eigenvalue weighted by atomic mass is 19.2. The lowest BCUT2D eigenvalue weighted by Crippen LogP contribution is -2.03. The van der Waals surface area contributed by atoms with Gasteiger partial charge in [-0.1, -0.05) is 13.0 Å². The predicted molar refractivity (Wildman–Crippen MR) is 75.7 cm³/mol. The van der Waals surface area contributed by atoms with Gasteiger partial charge in [0.05, 0.1) is 5.69 Å². The van der Waals surface area contributed by atoms with Crippen molar-refractivity contribution in [1.29, 1.82) is 0 Å². The van der Waals surface area contributed by atoms with Crippen molar-refractivity contribution < 1.29 is 8.78 Å². The van der Waals surface area contributed by atoms with Crippen molar-refractivity contribution in [2.24, 2.45) is 0 Å². The number of aryl methyl sites for hydroxylation is 2. The molecule has 0 amide bonds.